The molecule has 1 aliphatic rings. The topological polar surface area (TPSA) is 76.0 Å². The van der Waals surface area contributed by atoms with E-state index in [4.69, 9.17) is 19.3 Å². The Morgan fingerprint density at radius 1 is 1.44 bits per heavy atom. The summed E-state index contributed by atoms with van der Waals surface area (Å²) in [6.45, 7) is 3.96. The number of hydrogen-bond acceptors (Lipinski definition) is 3. The van der Waals surface area contributed by atoms with Crippen LogP contribution in [0.4, 0.5) is 0 Å². The number of para-hydroxylation sites is 1. The third kappa shape index (κ3) is 3.25. The van der Waals surface area contributed by atoms with Gasteiger partial charge in [-0.1, -0.05) is 12.1 Å². The summed E-state index contributed by atoms with van der Waals surface area (Å²) in [5.41, 5.74) is 0.805. The van der Waals surface area contributed by atoms with E-state index < -0.39 is 7.60 Å². The van der Waals surface area contributed by atoms with E-state index in [1.165, 1.54) is 0 Å². The van der Waals surface area contributed by atoms with Crippen LogP contribution in [0.25, 0.3) is 0 Å². The lowest BCUT2D eigenvalue weighted by molar-refractivity contribution is 0.132. The average molecular weight is 272 g/mol. The van der Waals surface area contributed by atoms with Gasteiger partial charge in [-0.3, -0.25) is 4.57 Å². The molecule has 2 N–H and O–H groups in total. The molecule has 0 amide bonds. The molecule has 0 saturated carbocycles. The van der Waals surface area contributed by atoms with Crippen LogP contribution < -0.4 is 9.47 Å². The van der Waals surface area contributed by atoms with Gasteiger partial charge in [0, 0.05) is 12.0 Å². The van der Waals surface area contributed by atoms with E-state index in [9.17, 15) is 4.57 Å². The lowest BCUT2D eigenvalue weighted by Gasteiger charge is -2.18. The van der Waals surface area contributed by atoms with Crippen LogP contribution in [0.3, 0.4) is 0 Å². The summed E-state index contributed by atoms with van der Waals surface area (Å²) in [5.74, 6) is 1.24. The van der Waals surface area contributed by atoms with Crippen LogP contribution in [0.15, 0.2) is 18.2 Å². The quantitative estimate of drug-likeness (QED) is 0.819. The van der Waals surface area contributed by atoms with Gasteiger partial charge >= 0.3 is 7.60 Å². The van der Waals surface area contributed by atoms with E-state index >= 15 is 0 Å². The van der Waals surface area contributed by atoms with Crippen LogP contribution in [0.1, 0.15) is 19.4 Å². The summed E-state index contributed by atoms with van der Waals surface area (Å²) >= 11 is 0. The van der Waals surface area contributed by atoms with Crippen LogP contribution in [-0.2, 0) is 11.0 Å². The zero-order valence-corrected chi connectivity index (χ0v) is 11.3. The Labute approximate surface area is 106 Å². The number of fused-ring (bicyclic) bond motifs is 1. The van der Waals surface area contributed by atoms with Crippen molar-refractivity contribution in [3.05, 3.63) is 23.8 Å². The van der Waals surface area contributed by atoms with E-state index in [1.807, 2.05) is 26.0 Å². The lowest BCUT2D eigenvalue weighted by atomic mass is 10.0. The fraction of sp³-hybridized carbons (Fsp3) is 0.500. The number of ether oxygens (including phenoxy) is 2. The summed E-state index contributed by atoms with van der Waals surface area (Å²) in [6.07, 6.45) is 0.512. The van der Waals surface area contributed by atoms with Crippen molar-refractivity contribution in [2.24, 2.45) is 0 Å². The molecule has 0 atom stereocenters. The second kappa shape index (κ2) is 4.57. The van der Waals surface area contributed by atoms with Crippen molar-refractivity contribution in [1.82, 2.24) is 0 Å². The molecule has 1 aliphatic heterocycles. The first-order valence-corrected chi connectivity index (χ1v) is 7.55. The number of hydrogen-bond donors (Lipinski definition) is 2. The summed E-state index contributed by atoms with van der Waals surface area (Å²) in [4.78, 5) is 17.5. The maximum Gasteiger partial charge on any atom is 0.328 e. The zero-order valence-electron chi connectivity index (χ0n) is 10.4. The molecular formula is C12H17O5P. The summed E-state index contributed by atoms with van der Waals surface area (Å²) in [5, 5.41) is 0. The van der Waals surface area contributed by atoms with Gasteiger partial charge in [-0.2, -0.15) is 0 Å². The lowest BCUT2D eigenvalue weighted by Crippen LogP contribution is -2.24. The molecule has 5 nitrogen and oxygen atoms in total. The highest BCUT2D eigenvalue weighted by Crippen LogP contribution is 2.42. The van der Waals surface area contributed by atoms with E-state index in [0.29, 0.717) is 11.5 Å². The van der Waals surface area contributed by atoms with Gasteiger partial charge in [0.15, 0.2) is 11.5 Å². The molecule has 0 fully saturated rings. The standard InChI is InChI=1S/C12H17O5P/c1-12(2)8-9-4-3-5-10(11(9)17-12)16-6-7-18(13,14)15/h3-5H,6-8H2,1-2H3,(H2,13,14,15). The minimum atomic E-state index is -4.01. The maximum atomic E-state index is 10.7. The van der Waals surface area contributed by atoms with Crippen LogP contribution in [0, 0.1) is 0 Å². The molecular weight excluding hydrogens is 255 g/mol. The first-order chi connectivity index (χ1) is 8.27. The third-order valence-corrected chi connectivity index (χ3v) is 3.46. The highest BCUT2D eigenvalue weighted by molar-refractivity contribution is 7.51. The van der Waals surface area contributed by atoms with Gasteiger partial charge in [0.2, 0.25) is 0 Å². The minimum Gasteiger partial charge on any atom is -0.489 e. The zero-order chi connectivity index (χ0) is 13.4. The molecule has 100 valence electrons. The van der Waals surface area contributed by atoms with Crippen LogP contribution >= 0.6 is 7.60 Å². The van der Waals surface area contributed by atoms with Gasteiger partial charge in [-0.25, -0.2) is 0 Å². The SMILES string of the molecule is CC1(C)Cc2cccc(OCCP(=O)(O)O)c2O1. The Bertz CT molecular complexity index is 491. The Morgan fingerprint density at radius 2 is 2.17 bits per heavy atom. The second-order valence-corrected chi connectivity index (χ2v) is 6.80. The van der Waals surface area contributed by atoms with E-state index in [-0.39, 0.29) is 18.4 Å². The molecule has 0 unspecified atom stereocenters. The first kappa shape index (κ1) is 13.4. The predicted octanol–water partition coefficient (Wildman–Crippen LogP) is 1.96. The van der Waals surface area contributed by atoms with Crippen molar-refractivity contribution in [3.63, 3.8) is 0 Å². The molecule has 6 heteroatoms. The second-order valence-electron chi connectivity index (χ2n) is 5.02. The molecule has 1 aromatic rings. The largest absolute Gasteiger partial charge is 0.489 e. The fourth-order valence-corrected chi connectivity index (χ4v) is 2.30. The van der Waals surface area contributed by atoms with Gasteiger partial charge in [-0.15, -0.1) is 0 Å². The van der Waals surface area contributed by atoms with E-state index in [2.05, 4.69) is 0 Å². The predicted molar refractivity (Wildman–Crippen MR) is 67.3 cm³/mol. The molecule has 1 heterocycles. The molecule has 0 aromatic heterocycles. The minimum absolute atomic E-state index is 0.0233. The van der Waals surface area contributed by atoms with Crippen molar-refractivity contribution < 1.29 is 23.8 Å². The molecule has 1 aromatic carbocycles. The summed E-state index contributed by atoms with van der Waals surface area (Å²) < 4.78 is 21.9. The van der Waals surface area contributed by atoms with Crippen LogP contribution in [-0.4, -0.2) is 28.2 Å². The first-order valence-electron chi connectivity index (χ1n) is 5.75. The molecule has 0 saturated heterocycles. The van der Waals surface area contributed by atoms with Crippen molar-refractivity contribution in [1.29, 1.82) is 0 Å². The molecule has 18 heavy (non-hydrogen) atoms. The number of benzene rings is 1. The molecule has 0 spiro atoms. The van der Waals surface area contributed by atoms with Crippen molar-refractivity contribution in [2.45, 2.75) is 25.9 Å². The van der Waals surface area contributed by atoms with Gasteiger partial charge in [0.25, 0.3) is 0 Å². The van der Waals surface area contributed by atoms with Gasteiger partial charge in [0.05, 0.1) is 12.8 Å². The Balaban J connectivity index is 2.08. The Morgan fingerprint density at radius 3 is 2.83 bits per heavy atom. The van der Waals surface area contributed by atoms with Gasteiger partial charge < -0.3 is 19.3 Å². The van der Waals surface area contributed by atoms with Crippen LogP contribution in [0.5, 0.6) is 11.5 Å². The van der Waals surface area contributed by atoms with Crippen molar-refractivity contribution in [3.8, 4) is 11.5 Å². The highest BCUT2D eigenvalue weighted by atomic mass is 31.2. The molecule has 2 rings (SSSR count). The molecule has 0 aliphatic carbocycles. The van der Waals surface area contributed by atoms with Gasteiger partial charge in [-0.05, 0) is 19.9 Å². The third-order valence-electron chi connectivity index (χ3n) is 2.70. The van der Waals surface area contributed by atoms with E-state index in [1.54, 1.807) is 6.07 Å². The molecule has 0 bridgehead atoms. The number of rotatable bonds is 4. The Kier molecular flexibility index (Phi) is 3.41. The van der Waals surface area contributed by atoms with E-state index in [0.717, 1.165) is 12.0 Å². The van der Waals surface area contributed by atoms with Crippen LogP contribution in [0.2, 0.25) is 0 Å². The maximum absolute atomic E-state index is 10.7. The monoisotopic (exact) mass is 272 g/mol. The summed E-state index contributed by atoms with van der Waals surface area (Å²) in [7, 11) is -4.01. The fourth-order valence-electron chi connectivity index (χ4n) is 1.98. The smallest absolute Gasteiger partial charge is 0.328 e. The van der Waals surface area contributed by atoms with Gasteiger partial charge in [0.1, 0.15) is 5.60 Å². The van der Waals surface area contributed by atoms with Crippen molar-refractivity contribution >= 4 is 7.60 Å². The normalized spacial score (nSPS) is 17.1. The Hall–Kier alpha value is -1.03. The highest BCUT2D eigenvalue weighted by Gasteiger charge is 2.32. The van der Waals surface area contributed by atoms with Crippen molar-refractivity contribution in [2.75, 3.05) is 12.8 Å². The molecule has 0 radical (unpaired) electrons. The average Bonchev–Trinajstić information content (AvgIpc) is 2.51. The summed E-state index contributed by atoms with van der Waals surface area (Å²) in [6, 6.07) is 5.58.